The van der Waals surface area contributed by atoms with Gasteiger partial charge in [0.25, 0.3) is 0 Å². The second-order valence-corrected chi connectivity index (χ2v) is 7.37. The van der Waals surface area contributed by atoms with E-state index in [9.17, 15) is 0 Å². The summed E-state index contributed by atoms with van der Waals surface area (Å²) >= 11 is 7.69. The van der Waals surface area contributed by atoms with E-state index < -0.39 is 0 Å². The van der Waals surface area contributed by atoms with Gasteiger partial charge in [0.15, 0.2) is 11.0 Å². The van der Waals surface area contributed by atoms with Crippen LogP contribution in [-0.2, 0) is 5.75 Å². The minimum atomic E-state index is 0.688. The Hall–Kier alpha value is -2.83. The Labute approximate surface area is 172 Å². The van der Waals surface area contributed by atoms with Gasteiger partial charge in [0.05, 0.1) is 7.11 Å². The van der Waals surface area contributed by atoms with E-state index in [4.69, 9.17) is 16.3 Å². The highest BCUT2D eigenvalue weighted by Crippen LogP contribution is 2.30. The minimum Gasteiger partial charge on any atom is -0.497 e. The third kappa shape index (κ3) is 4.03. The number of hydrogen-bond acceptors (Lipinski definition) is 5. The normalized spacial score (nSPS) is 10.8. The summed E-state index contributed by atoms with van der Waals surface area (Å²) in [5.41, 5.74) is 3.06. The molecule has 0 saturated carbocycles. The van der Waals surface area contributed by atoms with Gasteiger partial charge in [-0.05, 0) is 54.1 Å². The maximum absolute atomic E-state index is 6.07. The van der Waals surface area contributed by atoms with Crippen LogP contribution in [-0.4, -0.2) is 26.9 Å². The van der Waals surface area contributed by atoms with Crippen molar-refractivity contribution in [1.29, 1.82) is 0 Å². The number of thioether (sulfide) groups is 1. The molecule has 0 bridgehead atoms. The Kier molecular flexibility index (Phi) is 5.60. The Morgan fingerprint density at radius 2 is 1.79 bits per heavy atom. The average Bonchev–Trinajstić information content (AvgIpc) is 3.17. The molecule has 0 N–H and O–H groups in total. The Bertz CT molecular complexity index is 1070. The van der Waals surface area contributed by atoms with Gasteiger partial charge in [0.1, 0.15) is 5.75 Å². The fourth-order valence-electron chi connectivity index (χ4n) is 2.78. The van der Waals surface area contributed by atoms with Crippen molar-refractivity contribution in [1.82, 2.24) is 19.7 Å². The number of benzene rings is 2. The molecule has 2 aromatic carbocycles. The van der Waals surface area contributed by atoms with Gasteiger partial charge in [-0.25, -0.2) is 0 Å². The molecule has 0 amide bonds. The number of pyridine rings is 1. The molecule has 140 valence electrons. The van der Waals surface area contributed by atoms with E-state index in [1.807, 2.05) is 59.2 Å². The van der Waals surface area contributed by atoms with E-state index in [1.54, 1.807) is 31.3 Å². The van der Waals surface area contributed by atoms with E-state index in [-0.39, 0.29) is 0 Å². The quantitative estimate of drug-likeness (QED) is 0.406. The van der Waals surface area contributed by atoms with Crippen LogP contribution in [0.3, 0.4) is 0 Å². The molecule has 0 unspecified atom stereocenters. The maximum Gasteiger partial charge on any atom is 0.196 e. The summed E-state index contributed by atoms with van der Waals surface area (Å²) in [6.07, 6.45) is 3.50. The molecule has 2 heterocycles. The summed E-state index contributed by atoms with van der Waals surface area (Å²) in [7, 11) is 1.67. The first-order chi connectivity index (χ1) is 13.7. The fraction of sp³-hybridized carbons (Fsp3) is 0.0952. The molecular formula is C21H17ClN4OS. The first-order valence-corrected chi connectivity index (χ1v) is 9.98. The Morgan fingerprint density at radius 1 is 1.00 bits per heavy atom. The molecule has 4 rings (SSSR count). The lowest BCUT2D eigenvalue weighted by molar-refractivity contribution is 0.414. The summed E-state index contributed by atoms with van der Waals surface area (Å²) in [6.45, 7) is 0. The Balaban J connectivity index is 1.70. The van der Waals surface area contributed by atoms with Crippen molar-refractivity contribution in [3.8, 4) is 22.8 Å². The number of halogens is 1. The van der Waals surface area contributed by atoms with Crippen molar-refractivity contribution in [2.24, 2.45) is 0 Å². The van der Waals surface area contributed by atoms with Crippen molar-refractivity contribution in [3.63, 3.8) is 0 Å². The molecule has 0 aliphatic rings. The van der Waals surface area contributed by atoms with Crippen molar-refractivity contribution in [2.45, 2.75) is 10.9 Å². The fourth-order valence-corrected chi connectivity index (χ4v) is 3.81. The number of hydrogen-bond donors (Lipinski definition) is 0. The van der Waals surface area contributed by atoms with Gasteiger partial charge in [-0.3, -0.25) is 9.55 Å². The monoisotopic (exact) mass is 408 g/mol. The van der Waals surface area contributed by atoms with Crippen molar-refractivity contribution >= 4 is 23.4 Å². The largest absolute Gasteiger partial charge is 0.497 e. The molecule has 0 saturated heterocycles. The summed E-state index contributed by atoms with van der Waals surface area (Å²) in [5, 5.41) is 10.4. The zero-order valence-electron chi connectivity index (χ0n) is 15.1. The lowest BCUT2D eigenvalue weighted by Gasteiger charge is -2.11. The van der Waals surface area contributed by atoms with Crippen LogP contribution in [0.25, 0.3) is 17.1 Å². The van der Waals surface area contributed by atoms with Crippen molar-refractivity contribution in [2.75, 3.05) is 7.11 Å². The lowest BCUT2D eigenvalue weighted by atomic mass is 10.2. The van der Waals surface area contributed by atoms with Crippen LogP contribution >= 0.6 is 23.4 Å². The highest BCUT2D eigenvalue weighted by molar-refractivity contribution is 7.98. The molecule has 28 heavy (non-hydrogen) atoms. The van der Waals surface area contributed by atoms with E-state index in [2.05, 4.69) is 21.2 Å². The summed E-state index contributed by atoms with van der Waals surface area (Å²) in [4.78, 5) is 4.09. The topological polar surface area (TPSA) is 52.8 Å². The number of nitrogens with zero attached hydrogens (tertiary/aromatic N) is 4. The zero-order valence-corrected chi connectivity index (χ0v) is 16.7. The minimum absolute atomic E-state index is 0.688. The highest BCUT2D eigenvalue weighted by atomic mass is 35.5. The summed E-state index contributed by atoms with van der Waals surface area (Å²) in [6, 6.07) is 19.5. The maximum atomic E-state index is 6.07. The molecule has 0 radical (unpaired) electrons. The molecule has 4 aromatic rings. The molecule has 2 aromatic heterocycles. The van der Waals surface area contributed by atoms with Crippen LogP contribution in [0.15, 0.2) is 78.2 Å². The van der Waals surface area contributed by atoms with Crippen LogP contribution in [0.2, 0.25) is 5.02 Å². The van der Waals surface area contributed by atoms with Gasteiger partial charge in [-0.1, -0.05) is 35.5 Å². The third-order valence-corrected chi connectivity index (χ3v) is 5.41. The second-order valence-electron chi connectivity index (χ2n) is 5.99. The molecule has 0 aliphatic carbocycles. The molecule has 0 spiro atoms. The van der Waals surface area contributed by atoms with Gasteiger partial charge in [0, 0.05) is 34.4 Å². The van der Waals surface area contributed by atoms with E-state index in [0.717, 1.165) is 39.3 Å². The summed E-state index contributed by atoms with van der Waals surface area (Å²) in [5.74, 6) is 2.35. The molecular weight excluding hydrogens is 392 g/mol. The van der Waals surface area contributed by atoms with Gasteiger partial charge in [0.2, 0.25) is 0 Å². The van der Waals surface area contributed by atoms with E-state index in [0.29, 0.717) is 5.02 Å². The van der Waals surface area contributed by atoms with Crippen molar-refractivity contribution in [3.05, 3.63) is 83.6 Å². The third-order valence-electron chi connectivity index (χ3n) is 4.16. The van der Waals surface area contributed by atoms with E-state index in [1.165, 1.54) is 0 Å². The number of rotatable bonds is 6. The zero-order chi connectivity index (χ0) is 19.3. The second kappa shape index (κ2) is 8.46. The smallest absolute Gasteiger partial charge is 0.196 e. The van der Waals surface area contributed by atoms with Gasteiger partial charge >= 0.3 is 0 Å². The number of methoxy groups -OCH3 is 1. The average molecular weight is 409 g/mol. The molecule has 0 atom stereocenters. The molecule has 0 fully saturated rings. The molecule has 7 heteroatoms. The number of ether oxygens (including phenoxy) is 1. The van der Waals surface area contributed by atoms with Gasteiger partial charge < -0.3 is 4.74 Å². The van der Waals surface area contributed by atoms with Crippen molar-refractivity contribution < 1.29 is 4.74 Å². The van der Waals surface area contributed by atoms with Crippen LogP contribution in [0.5, 0.6) is 5.75 Å². The predicted molar refractivity (Wildman–Crippen MR) is 112 cm³/mol. The highest BCUT2D eigenvalue weighted by Gasteiger charge is 2.16. The van der Waals surface area contributed by atoms with Gasteiger partial charge in [-0.15, -0.1) is 10.2 Å². The summed E-state index contributed by atoms with van der Waals surface area (Å²) < 4.78 is 7.35. The standard InChI is InChI=1S/C21H17ClN4OS/c1-27-19-4-2-3-15(13-19)14-28-21-25-24-20(16-9-11-23-12-10-16)26(21)18-7-5-17(22)6-8-18/h2-13H,14H2,1H3. The van der Waals surface area contributed by atoms with E-state index >= 15 is 0 Å². The van der Waals surface area contributed by atoms with Gasteiger partial charge in [-0.2, -0.15) is 0 Å². The SMILES string of the molecule is COc1cccc(CSc2nnc(-c3ccncc3)n2-c2ccc(Cl)cc2)c1. The van der Waals surface area contributed by atoms with Crippen LogP contribution in [0, 0.1) is 0 Å². The first-order valence-electron chi connectivity index (χ1n) is 8.62. The first kappa shape index (κ1) is 18.5. The Morgan fingerprint density at radius 3 is 2.54 bits per heavy atom. The van der Waals surface area contributed by atoms with Crippen LogP contribution in [0.4, 0.5) is 0 Å². The molecule has 5 nitrogen and oxygen atoms in total. The lowest BCUT2D eigenvalue weighted by Crippen LogP contribution is -2.00. The molecule has 0 aliphatic heterocycles. The van der Waals surface area contributed by atoms with Crippen LogP contribution < -0.4 is 4.74 Å². The predicted octanol–water partition coefficient (Wildman–Crippen LogP) is 5.28. The number of aromatic nitrogens is 4. The van der Waals surface area contributed by atoms with Crippen LogP contribution in [0.1, 0.15) is 5.56 Å².